The quantitative estimate of drug-likeness (QED) is 0.342. The van der Waals surface area contributed by atoms with Crippen LogP contribution in [-0.2, 0) is 9.59 Å². The number of hydrogen-bond donors (Lipinski definition) is 1. The number of rotatable bonds is 5. The molecule has 0 saturated carbocycles. The Bertz CT molecular complexity index is 1290. The Morgan fingerprint density at radius 3 is 2.36 bits per heavy atom. The van der Waals surface area contributed by atoms with Gasteiger partial charge in [-0.1, -0.05) is 6.07 Å². The van der Waals surface area contributed by atoms with Crippen LogP contribution in [0.3, 0.4) is 0 Å². The van der Waals surface area contributed by atoms with E-state index < -0.39 is 17.7 Å². The van der Waals surface area contributed by atoms with Crippen LogP contribution in [0.4, 0.5) is 5.69 Å². The number of ketones is 1. The van der Waals surface area contributed by atoms with E-state index in [9.17, 15) is 14.7 Å². The van der Waals surface area contributed by atoms with Crippen molar-refractivity contribution in [1.82, 2.24) is 0 Å². The molecule has 0 bridgehead atoms. The van der Waals surface area contributed by atoms with Gasteiger partial charge in [0.15, 0.2) is 0 Å². The molecule has 2 heterocycles. The van der Waals surface area contributed by atoms with Crippen molar-refractivity contribution in [1.29, 1.82) is 0 Å². The normalized spacial score (nSPS) is 17.5. The third-order valence-electron chi connectivity index (χ3n) is 5.80. The summed E-state index contributed by atoms with van der Waals surface area (Å²) in [7, 11) is 3.09. The van der Waals surface area contributed by atoms with Crippen LogP contribution in [0.15, 0.2) is 58.5 Å². The van der Waals surface area contributed by atoms with Gasteiger partial charge in [0.05, 0.1) is 19.8 Å². The lowest BCUT2D eigenvalue weighted by atomic mass is 9.95. The molecule has 0 spiro atoms. The van der Waals surface area contributed by atoms with Crippen molar-refractivity contribution in [2.45, 2.75) is 26.8 Å². The molecule has 1 aliphatic rings. The largest absolute Gasteiger partial charge is 0.507 e. The molecule has 0 radical (unpaired) electrons. The number of nitrogens with zero attached hydrogens (tertiary/aromatic N) is 1. The molecular formula is C26H25NO6. The summed E-state index contributed by atoms with van der Waals surface area (Å²) in [5, 5.41) is 11.4. The van der Waals surface area contributed by atoms with Crippen LogP contribution < -0.4 is 14.4 Å². The number of aliphatic hydroxyl groups is 1. The van der Waals surface area contributed by atoms with Crippen LogP contribution in [0.2, 0.25) is 0 Å². The maximum Gasteiger partial charge on any atom is 0.300 e. The van der Waals surface area contributed by atoms with Crippen LogP contribution in [-0.4, -0.2) is 31.0 Å². The van der Waals surface area contributed by atoms with Crippen molar-refractivity contribution in [3.8, 4) is 11.5 Å². The average molecular weight is 447 g/mol. The highest BCUT2D eigenvalue weighted by molar-refractivity contribution is 6.51. The van der Waals surface area contributed by atoms with Gasteiger partial charge in [-0.15, -0.1) is 0 Å². The number of furan rings is 1. The molecule has 1 saturated heterocycles. The van der Waals surface area contributed by atoms with E-state index in [1.807, 2.05) is 6.92 Å². The smallest absolute Gasteiger partial charge is 0.300 e. The fourth-order valence-corrected chi connectivity index (χ4v) is 4.14. The predicted molar refractivity (Wildman–Crippen MR) is 124 cm³/mol. The lowest BCUT2D eigenvalue weighted by molar-refractivity contribution is -0.132. The number of aliphatic hydroxyl groups excluding tert-OH is 1. The van der Waals surface area contributed by atoms with E-state index in [4.69, 9.17) is 13.9 Å². The van der Waals surface area contributed by atoms with Gasteiger partial charge in [-0.05, 0) is 68.3 Å². The van der Waals surface area contributed by atoms with Gasteiger partial charge < -0.3 is 19.0 Å². The van der Waals surface area contributed by atoms with Crippen molar-refractivity contribution in [3.63, 3.8) is 0 Å². The Morgan fingerprint density at radius 1 is 0.970 bits per heavy atom. The van der Waals surface area contributed by atoms with Crippen molar-refractivity contribution in [2.24, 2.45) is 0 Å². The van der Waals surface area contributed by atoms with Crippen molar-refractivity contribution in [2.75, 3.05) is 19.1 Å². The maximum atomic E-state index is 13.3. The summed E-state index contributed by atoms with van der Waals surface area (Å²) >= 11 is 0. The van der Waals surface area contributed by atoms with Crippen LogP contribution in [0, 0.1) is 20.8 Å². The molecule has 4 rings (SSSR count). The summed E-state index contributed by atoms with van der Waals surface area (Å²) in [5.74, 6) is 0.385. The number of anilines is 1. The molecule has 1 atom stereocenters. The molecule has 7 heteroatoms. The zero-order valence-electron chi connectivity index (χ0n) is 19.1. The lowest BCUT2D eigenvalue weighted by Gasteiger charge is -2.24. The number of carbonyl (C=O) groups is 2. The summed E-state index contributed by atoms with van der Waals surface area (Å²) in [5.41, 5.74) is 2.36. The number of amides is 1. The number of Topliss-reactive ketones (excluding diaryl/α,β-unsaturated/α-hetero) is 1. The lowest BCUT2D eigenvalue weighted by Crippen LogP contribution is -2.29. The van der Waals surface area contributed by atoms with Crippen molar-refractivity contribution in [3.05, 3.63) is 82.3 Å². The van der Waals surface area contributed by atoms with E-state index >= 15 is 0 Å². The van der Waals surface area contributed by atoms with E-state index in [2.05, 4.69) is 0 Å². The van der Waals surface area contributed by atoms with E-state index in [0.29, 0.717) is 39.8 Å². The number of methoxy groups -OCH3 is 2. The maximum absolute atomic E-state index is 13.3. The van der Waals surface area contributed by atoms with Gasteiger partial charge in [0.1, 0.15) is 34.8 Å². The van der Waals surface area contributed by atoms with Gasteiger partial charge in [-0.3, -0.25) is 14.5 Å². The molecule has 3 aromatic rings. The average Bonchev–Trinajstić information content (AvgIpc) is 3.35. The van der Waals surface area contributed by atoms with E-state index in [1.54, 1.807) is 69.5 Å². The van der Waals surface area contributed by atoms with Gasteiger partial charge in [-0.2, -0.15) is 0 Å². The zero-order valence-corrected chi connectivity index (χ0v) is 19.1. The molecule has 1 aromatic heterocycles. The molecular weight excluding hydrogens is 422 g/mol. The first kappa shape index (κ1) is 22.2. The van der Waals surface area contributed by atoms with Gasteiger partial charge in [0.25, 0.3) is 11.7 Å². The first-order valence-corrected chi connectivity index (χ1v) is 10.4. The molecule has 7 nitrogen and oxygen atoms in total. The van der Waals surface area contributed by atoms with Gasteiger partial charge in [-0.25, -0.2) is 0 Å². The Hall–Kier alpha value is -4.00. The van der Waals surface area contributed by atoms with Crippen LogP contribution in [0.1, 0.15) is 34.3 Å². The highest BCUT2D eigenvalue weighted by atomic mass is 16.5. The minimum Gasteiger partial charge on any atom is -0.507 e. The molecule has 1 aliphatic heterocycles. The van der Waals surface area contributed by atoms with E-state index in [-0.39, 0.29) is 11.3 Å². The van der Waals surface area contributed by atoms with E-state index in [0.717, 1.165) is 5.56 Å². The van der Waals surface area contributed by atoms with Crippen LogP contribution >= 0.6 is 0 Å². The molecule has 1 fully saturated rings. The SMILES string of the molecule is COc1cccc(N2C(=O)C(=O)/C(=C(/O)c3cc(C)c(OC)cc3C)C2c2ccc(C)o2)c1. The number of carbonyl (C=O) groups excluding carboxylic acids is 2. The molecule has 33 heavy (non-hydrogen) atoms. The van der Waals surface area contributed by atoms with Crippen molar-refractivity contribution >= 4 is 23.1 Å². The highest BCUT2D eigenvalue weighted by Crippen LogP contribution is 2.44. The third-order valence-corrected chi connectivity index (χ3v) is 5.80. The molecule has 2 aromatic carbocycles. The number of aryl methyl sites for hydroxylation is 3. The predicted octanol–water partition coefficient (Wildman–Crippen LogP) is 4.85. The molecule has 1 N–H and O–H groups in total. The van der Waals surface area contributed by atoms with Crippen LogP contribution in [0.25, 0.3) is 5.76 Å². The van der Waals surface area contributed by atoms with Gasteiger partial charge in [0, 0.05) is 17.3 Å². The van der Waals surface area contributed by atoms with Gasteiger partial charge in [0.2, 0.25) is 0 Å². The molecule has 170 valence electrons. The second kappa shape index (κ2) is 8.50. The molecule has 1 amide bonds. The number of benzene rings is 2. The molecule has 0 aliphatic carbocycles. The van der Waals surface area contributed by atoms with Gasteiger partial charge >= 0.3 is 0 Å². The minimum atomic E-state index is -0.937. The first-order chi connectivity index (χ1) is 15.8. The summed E-state index contributed by atoms with van der Waals surface area (Å²) in [6.45, 7) is 5.43. The fraction of sp³-hybridized carbons (Fsp3) is 0.231. The second-order valence-electron chi connectivity index (χ2n) is 7.96. The third kappa shape index (κ3) is 3.75. The number of hydrogen-bond acceptors (Lipinski definition) is 6. The highest BCUT2D eigenvalue weighted by Gasteiger charge is 2.48. The topological polar surface area (TPSA) is 89.2 Å². The van der Waals surface area contributed by atoms with E-state index in [1.165, 1.54) is 12.0 Å². The second-order valence-corrected chi connectivity index (χ2v) is 7.96. The van der Waals surface area contributed by atoms with Crippen molar-refractivity contribution < 1.29 is 28.6 Å². The zero-order chi connectivity index (χ0) is 23.9. The fourth-order valence-electron chi connectivity index (χ4n) is 4.14. The monoisotopic (exact) mass is 447 g/mol. The number of ether oxygens (including phenoxy) is 2. The summed E-state index contributed by atoms with van der Waals surface area (Å²) in [6.07, 6.45) is 0. The summed E-state index contributed by atoms with van der Waals surface area (Å²) in [4.78, 5) is 27.8. The Morgan fingerprint density at radius 2 is 1.73 bits per heavy atom. The molecule has 1 unspecified atom stereocenters. The Balaban J connectivity index is 1.96. The van der Waals surface area contributed by atoms with Crippen LogP contribution in [0.5, 0.6) is 11.5 Å². The standard InChI is InChI=1S/C26H25NO6/c1-14-12-21(32-5)15(2)11-19(14)24(28)22-23(20-10-9-16(3)33-20)27(26(30)25(22)29)17-7-6-8-18(13-17)31-4/h6-13,23,28H,1-5H3/b24-22+. The Labute approximate surface area is 191 Å². The summed E-state index contributed by atoms with van der Waals surface area (Å²) < 4.78 is 16.5. The first-order valence-electron chi connectivity index (χ1n) is 10.4. The Kier molecular flexibility index (Phi) is 5.72. The minimum absolute atomic E-state index is 0.0372. The summed E-state index contributed by atoms with van der Waals surface area (Å²) in [6, 6.07) is 12.9.